The summed E-state index contributed by atoms with van der Waals surface area (Å²) in [6.45, 7) is 3.49. The summed E-state index contributed by atoms with van der Waals surface area (Å²) in [4.78, 5) is 48.2. The molecule has 5 N–H and O–H groups in total. The molecule has 1 amide bonds. The van der Waals surface area contributed by atoms with Crippen molar-refractivity contribution in [2.75, 3.05) is 43.1 Å². The molecule has 1 saturated carbocycles. The molecule has 2 fully saturated rings. The number of carbonyl (C=O) groups is 3. The maximum absolute atomic E-state index is 14.2. The Balaban J connectivity index is 0.00000580. The van der Waals surface area contributed by atoms with Gasteiger partial charge in [0.25, 0.3) is 0 Å². The number of aromatic nitrogens is 4. The highest BCUT2D eigenvalue weighted by molar-refractivity contribution is 5.96. The van der Waals surface area contributed by atoms with Crippen LogP contribution in [0.25, 0.3) is 22.5 Å². The molecule has 16 heteroatoms. The molecule has 2 aromatic carbocycles. The molecule has 0 bridgehead atoms. The number of halogens is 4. The van der Waals surface area contributed by atoms with Gasteiger partial charge in [-0.1, -0.05) is 31.7 Å². The quantitative estimate of drug-likeness (QED) is 0.106. The summed E-state index contributed by atoms with van der Waals surface area (Å²) in [5, 5.41) is 16.6. The van der Waals surface area contributed by atoms with Gasteiger partial charge in [-0.25, -0.2) is 14.8 Å². The lowest BCUT2D eigenvalue weighted by molar-refractivity contribution is -0.231. The molecule has 0 radical (unpaired) electrons. The molecule has 1 atom stereocenters. The fourth-order valence-electron chi connectivity index (χ4n) is 6.80. The third-order valence-corrected chi connectivity index (χ3v) is 10.2. The van der Waals surface area contributed by atoms with Gasteiger partial charge in [0.1, 0.15) is 11.6 Å². The predicted molar refractivity (Wildman–Crippen MR) is 198 cm³/mol. The molecule has 1 aliphatic carbocycles. The van der Waals surface area contributed by atoms with E-state index >= 15 is 0 Å². The molecular weight excluding hydrogens is 722 g/mol. The summed E-state index contributed by atoms with van der Waals surface area (Å²) in [5.41, 5.74) is 9.05. The van der Waals surface area contributed by atoms with E-state index in [2.05, 4.69) is 25.3 Å². The molecule has 2 aromatic heterocycles. The maximum Gasteiger partial charge on any atom is 0.411 e. The highest BCUT2D eigenvalue weighted by atomic mass is 19.3. The first-order valence-electron chi connectivity index (χ1n) is 17.8. The summed E-state index contributed by atoms with van der Waals surface area (Å²) in [6.07, 6.45) is 5.34. The van der Waals surface area contributed by atoms with Gasteiger partial charge in [0.2, 0.25) is 11.7 Å². The van der Waals surface area contributed by atoms with Gasteiger partial charge in [0.05, 0.1) is 13.2 Å². The smallest absolute Gasteiger partial charge is 0.411 e. The van der Waals surface area contributed by atoms with Crippen LogP contribution in [0.3, 0.4) is 0 Å². The average Bonchev–Trinajstić information content (AvgIpc) is 3.70. The van der Waals surface area contributed by atoms with Crippen molar-refractivity contribution < 1.29 is 41.8 Å². The number of carbonyl (C=O) groups excluding carboxylic acids is 2. The second kappa shape index (κ2) is 17.5. The number of amides is 1. The van der Waals surface area contributed by atoms with E-state index in [1.54, 1.807) is 5.10 Å². The lowest BCUT2D eigenvalue weighted by atomic mass is 9.77. The minimum Gasteiger partial charge on any atom is -0.477 e. The molecule has 294 valence electrons. The fraction of sp³-hybridized carbons (Fsp3) is 0.436. The Bertz CT molecular complexity index is 1910. The second-order valence-electron chi connectivity index (χ2n) is 13.8. The zero-order valence-corrected chi connectivity index (χ0v) is 29.3. The third-order valence-electron chi connectivity index (χ3n) is 10.2. The highest BCUT2D eigenvalue weighted by Gasteiger charge is 2.65. The van der Waals surface area contributed by atoms with E-state index < -0.39 is 35.5 Å². The summed E-state index contributed by atoms with van der Waals surface area (Å²) in [6, 6.07) is 17.4. The third kappa shape index (κ3) is 9.36. The van der Waals surface area contributed by atoms with Crippen LogP contribution in [0.2, 0.25) is 0 Å². The average molecular weight is 768 g/mol. The van der Waals surface area contributed by atoms with Crippen molar-refractivity contribution >= 4 is 29.2 Å². The van der Waals surface area contributed by atoms with Crippen molar-refractivity contribution in [1.82, 2.24) is 20.2 Å². The van der Waals surface area contributed by atoms with Crippen LogP contribution in [-0.4, -0.2) is 81.7 Å². The number of carboxylic acids is 1. The van der Waals surface area contributed by atoms with Crippen LogP contribution in [0.4, 0.5) is 29.1 Å². The van der Waals surface area contributed by atoms with Crippen molar-refractivity contribution in [3.8, 4) is 22.5 Å². The standard InChI is InChI=1S/C38H41F4N7O5.CH4/c39-37(40,38(41,42)36(52)53)35-46-33(47-48-35)27-9-12-30(13-10-27)45-34(51)29(20-31(50)26-7-3-24(21-43)4-8-26)19-23-1-5-25(6-2-23)28-11-14-32(44-22-28)49-15-17-54-18-16-49;/h1-2,5-6,9-14,22,24,26,29H,3-4,7-8,15-21,43H2,(H,45,51)(H,52,53)(H,46,47,48);1H4/t24?,26?,29-;/m1./s1. The molecule has 4 aromatic rings. The monoisotopic (exact) mass is 767 g/mol. The number of nitrogens with two attached hydrogens (primary N) is 1. The van der Waals surface area contributed by atoms with E-state index in [1.807, 2.05) is 42.6 Å². The lowest BCUT2D eigenvalue weighted by Crippen LogP contribution is -2.45. The molecule has 6 rings (SSSR count). The van der Waals surface area contributed by atoms with E-state index in [0.29, 0.717) is 31.4 Å². The van der Waals surface area contributed by atoms with Gasteiger partial charge in [0.15, 0.2) is 5.82 Å². The van der Waals surface area contributed by atoms with Gasteiger partial charge in [-0.3, -0.25) is 14.7 Å². The molecule has 1 saturated heterocycles. The lowest BCUT2D eigenvalue weighted by Gasteiger charge is -2.28. The Hall–Kier alpha value is -5.22. The predicted octanol–water partition coefficient (Wildman–Crippen LogP) is 6.34. The fourth-order valence-corrected chi connectivity index (χ4v) is 6.80. The van der Waals surface area contributed by atoms with E-state index in [0.717, 1.165) is 61.3 Å². The zero-order valence-electron chi connectivity index (χ0n) is 29.3. The number of rotatable bonds is 14. The van der Waals surface area contributed by atoms with Gasteiger partial charge >= 0.3 is 17.8 Å². The van der Waals surface area contributed by atoms with Gasteiger partial charge in [-0.2, -0.15) is 22.7 Å². The van der Waals surface area contributed by atoms with Crippen molar-refractivity contribution in [3.05, 3.63) is 78.2 Å². The number of carboxylic acid groups (broad SMARTS) is 1. The number of hydrogen-bond acceptors (Lipinski definition) is 9. The number of Topliss-reactive ketones (excluding diaryl/α,β-unsaturated/α-hetero) is 1. The van der Waals surface area contributed by atoms with Crippen molar-refractivity contribution in [3.63, 3.8) is 0 Å². The minimum absolute atomic E-state index is 0. The zero-order chi connectivity index (χ0) is 38.5. The highest BCUT2D eigenvalue weighted by Crippen LogP contribution is 2.42. The van der Waals surface area contributed by atoms with Crippen LogP contribution in [-0.2, 0) is 31.5 Å². The number of anilines is 2. The number of benzene rings is 2. The number of aromatic amines is 1. The normalized spacial score (nSPS) is 18.2. The Labute approximate surface area is 315 Å². The Kier molecular flexibility index (Phi) is 13.0. The van der Waals surface area contributed by atoms with E-state index in [4.69, 9.17) is 15.6 Å². The van der Waals surface area contributed by atoms with Gasteiger partial charge < -0.3 is 25.8 Å². The number of ether oxygens (including phenoxy) is 1. The number of hydrogen-bond donors (Lipinski definition) is 4. The number of ketones is 1. The minimum atomic E-state index is -5.42. The van der Waals surface area contributed by atoms with Crippen molar-refractivity contribution in [1.29, 1.82) is 0 Å². The van der Waals surface area contributed by atoms with Crippen LogP contribution < -0.4 is 16.0 Å². The first-order valence-corrected chi connectivity index (χ1v) is 17.8. The Morgan fingerprint density at radius 3 is 2.16 bits per heavy atom. The van der Waals surface area contributed by atoms with Crippen molar-refractivity contribution in [2.24, 2.45) is 23.5 Å². The number of H-pyrrole nitrogens is 1. The van der Waals surface area contributed by atoms with Crippen LogP contribution in [0, 0.1) is 17.8 Å². The maximum atomic E-state index is 14.2. The van der Waals surface area contributed by atoms with E-state index in [9.17, 15) is 31.9 Å². The molecular formula is C39H45F4N7O5. The number of morpholine rings is 1. The van der Waals surface area contributed by atoms with Crippen LogP contribution in [0.5, 0.6) is 0 Å². The Morgan fingerprint density at radius 1 is 0.927 bits per heavy atom. The largest absolute Gasteiger partial charge is 0.477 e. The van der Waals surface area contributed by atoms with E-state index in [1.165, 1.54) is 24.3 Å². The van der Waals surface area contributed by atoms with Crippen molar-refractivity contribution in [2.45, 2.75) is 57.8 Å². The first-order chi connectivity index (χ1) is 25.8. The molecule has 3 heterocycles. The second-order valence-corrected chi connectivity index (χ2v) is 13.8. The number of nitrogens with one attached hydrogen (secondary N) is 2. The van der Waals surface area contributed by atoms with Gasteiger partial charge in [-0.05, 0) is 92.1 Å². The van der Waals surface area contributed by atoms with Gasteiger partial charge in [-0.15, -0.1) is 0 Å². The molecule has 55 heavy (non-hydrogen) atoms. The first kappa shape index (κ1) is 41.0. The van der Waals surface area contributed by atoms with E-state index in [-0.39, 0.29) is 43.4 Å². The van der Waals surface area contributed by atoms with Crippen LogP contribution >= 0.6 is 0 Å². The van der Waals surface area contributed by atoms with Crippen LogP contribution in [0.1, 0.15) is 50.9 Å². The molecule has 12 nitrogen and oxygen atoms in total. The number of aliphatic carboxylic acids is 1. The molecule has 2 aliphatic rings. The summed E-state index contributed by atoms with van der Waals surface area (Å²) < 4.78 is 61.2. The van der Waals surface area contributed by atoms with Crippen LogP contribution in [0.15, 0.2) is 66.9 Å². The topological polar surface area (TPSA) is 176 Å². The number of pyridine rings is 1. The number of nitrogens with zero attached hydrogens (tertiary/aromatic N) is 4. The molecule has 0 unspecified atom stereocenters. The van der Waals surface area contributed by atoms with Gasteiger partial charge in [0, 0.05) is 54.4 Å². The Morgan fingerprint density at radius 2 is 1.56 bits per heavy atom. The summed E-state index contributed by atoms with van der Waals surface area (Å²) in [5.74, 6) is -15.5. The SMILES string of the molecule is C.NCC1CCC(C(=O)C[C@@H](Cc2ccc(-c3ccc(N4CCOCC4)nc3)cc2)C(=O)Nc2ccc(-c3n[nH]c(C(F)(F)C(F)(F)C(=O)O)n3)cc2)CC1. The summed E-state index contributed by atoms with van der Waals surface area (Å²) >= 11 is 0. The molecule has 1 aliphatic heterocycles. The molecule has 0 spiro atoms. The number of alkyl halides is 4. The summed E-state index contributed by atoms with van der Waals surface area (Å²) in [7, 11) is 0.